The lowest BCUT2D eigenvalue weighted by Gasteiger charge is -2.13. The molecule has 1 aliphatic carbocycles. The summed E-state index contributed by atoms with van der Waals surface area (Å²) >= 11 is 0. The number of aryl methyl sites for hydroxylation is 1. The summed E-state index contributed by atoms with van der Waals surface area (Å²) in [5.74, 6) is 0.318. The van der Waals surface area contributed by atoms with E-state index in [1.165, 1.54) is 0 Å². The zero-order chi connectivity index (χ0) is 12.3. The van der Waals surface area contributed by atoms with Crippen molar-refractivity contribution in [3.63, 3.8) is 0 Å². The van der Waals surface area contributed by atoms with E-state index >= 15 is 0 Å². The van der Waals surface area contributed by atoms with Gasteiger partial charge in [0.25, 0.3) is 0 Å². The third-order valence-corrected chi connectivity index (χ3v) is 2.84. The molecule has 2 heteroatoms. The van der Waals surface area contributed by atoms with Crippen LogP contribution in [0, 0.1) is 6.92 Å². The van der Waals surface area contributed by atoms with Crippen LogP contribution in [0.3, 0.4) is 0 Å². The highest BCUT2D eigenvalue weighted by atomic mass is 16.3. The molecule has 0 saturated carbocycles. The van der Waals surface area contributed by atoms with E-state index in [-0.39, 0.29) is 0 Å². The summed E-state index contributed by atoms with van der Waals surface area (Å²) in [7, 11) is 0. The average Bonchev–Trinajstić information content (AvgIpc) is 2.35. The minimum absolute atomic E-state index is 0.318. The van der Waals surface area contributed by atoms with Crippen LogP contribution >= 0.6 is 0 Å². The van der Waals surface area contributed by atoms with Gasteiger partial charge in [-0.1, -0.05) is 24.8 Å². The summed E-state index contributed by atoms with van der Waals surface area (Å²) < 4.78 is 0. The van der Waals surface area contributed by atoms with Gasteiger partial charge in [-0.2, -0.15) is 0 Å². The Bertz CT molecular complexity index is 498. The largest absolute Gasteiger partial charge is 0.508 e. The highest BCUT2D eigenvalue weighted by Gasteiger charge is 2.04. The first kappa shape index (κ1) is 11.5. The Morgan fingerprint density at radius 3 is 2.82 bits per heavy atom. The molecule has 0 atom stereocenters. The normalized spacial score (nSPS) is 14.3. The van der Waals surface area contributed by atoms with E-state index in [0.717, 1.165) is 35.4 Å². The summed E-state index contributed by atoms with van der Waals surface area (Å²) in [6.07, 6.45) is 8.61. The third kappa shape index (κ3) is 2.78. The van der Waals surface area contributed by atoms with E-state index in [2.05, 4.69) is 30.1 Å². The van der Waals surface area contributed by atoms with Crippen LogP contribution in [0.4, 0.5) is 5.69 Å². The van der Waals surface area contributed by atoms with E-state index < -0.39 is 0 Å². The van der Waals surface area contributed by atoms with Gasteiger partial charge in [-0.05, 0) is 49.1 Å². The number of aromatic hydroxyl groups is 1. The van der Waals surface area contributed by atoms with E-state index in [1.807, 2.05) is 19.1 Å². The zero-order valence-corrected chi connectivity index (χ0v) is 10.0. The van der Waals surface area contributed by atoms with Crippen LogP contribution in [-0.4, -0.2) is 5.11 Å². The number of nitrogens with one attached hydrogen (secondary N) is 1. The smallest absolute Gasteiger partial charge is 0.118 e. The molecule has 0 aliphatic heterocycles. The number of rotatable bonds is 3. The monoisotopic (exact) mass is 227 g/mol. The van der Waals surface area contributed by atoms with Gasteiger partial charge in [0.05, 0.1) is 0 Å². The number of phenolic OH excluding ortho intramolecular Hbond substituents is 1. The van der Waals surface area contributed by atoms with Crippen molar-refractivity contribution in [2.24, 2.45) is 0 Å². The van der Waals surface area contributed by atoms with Crippen LogP contribution in [0.15, 0.2) is 54.3 Å². The maximum absolute atomic E-state index is 9.45. The molecule has 1 aromatic carbocycles. The lowest BCUT2D eigenvalue weighted by atomic mass is 10.0. The molecule has 2 nitrogen and oxygen atoms in total. The van der Waals surface area contributed by atoms with Gasteiger partial charge in [-0.15, -0.1) is 0 Å². The van der Waals surface area contributed by atoms with Crippen molar-refractivity contribution in [2.75, 3.05) is 5.32 Å². The predicted molar refractivity (Wildman–Crippen MR) is 72.1 cm³/mol. The number of benzene rings is 1. The van der Waals surface area contributed by atoms with Crippen LogP contribution in [0.1, 0.15) is 18.4 Å². The topological polar surface area (TPSA) is 32.3 Å². The molecule has 0 radical (unpaired) electrons. The first-order chi connectivity index (χ1) is 8.16. The average molecular weight is 227 g/mol. The fraction of sp³-hybridized carbons (Fsp3) is 0.200. The summed E-state index contributed by atoms with van der Waals surface area (Å²) in [5, 5.41) is 12.7. The molecular formula is C15H17NO. The Hall–Kier alpha value is -1.96. The standard InChI is InChI=1S/C15H17NO/c1-11-10-14(8-9-15(11)17)16-12(2)13-6-4-3-5-7-13/h4,6-10,16-17H,2-3,5H2,1H3. The van der Waals surface area contributed by atoms with Crippen LogP contribution in [0.2, 0.25) is 0 Å². The molecule has 2 rings (SSSR count). The molecule has 88 valence electrons. The van der Waals surface area contributed by atoms with Gasteiger partial charge >= 0.3 is 0 Å². The second-order valence-electron chi connectivity index (χ2n) is 4.24. The number of anilines is 1. The molecule has 0 spiro atoms. The molecule has 0 saturated heterocycles. The van der Waals surface area contributed by atoms with Gasteiger partial charge in [0.15, 0.2) is 0 Å². The van der Waals surface area contributed by atoms with Crippen LogP contribution in [-0.2, 0) is 0 Å². The maximum Gasteiger partial charge on any atom is 0.118 e. The van der Waals surface area contributed by atoms with Crippen molar-refractivity contribution in [1.29, 1.82) is 0 Å². The van der Waals surface area contributed by atoms with Crippen LogP contribution in [0.25, 0.3) is 0 Å². The Morgan fingerprint density at radius 1 is 1.35 bits per heavy atom. The summed E-state index contributed by atoms with van der Waals surface area (Å²) in [6, 6.07) is 5.45. The predicted octanol–water partition coefficient (Wildman–Crippen LogP) is 3.90. The second kappa shape index (κ2) is 4.91. The first-order valence-corrected chi connectivity index (χ1v) is 5.79. The van der Waals surface area contributed by atoms with Gasteiger partial charge in [0, 0.05) is 11.4 Å². The van der Waals surface area contributed by atoms with Crippen LogP contribution < -0.4 is 5.32 Å². The fourth-order valence-electron chi connectivity index (χ4n) is 1.82. The Morgan fingerprint density at radius 2 is 2.18 bits per heavy atom. The third-order valence-electron chi connectivity index (χ3n) is 2.84. The molecule has 1 aliphatic rings. The van der Waals surface area contributed by atoms with E-state index in [0.29, 0.717) is 5.75 Å². The van der Waals surface area contributed by atoms with Crippen LogP contribution in [0.5, 0.6) is 5.75 Å². The minimum Gasteiger partial charge on any atom is -0.508 e. The Labute approximate surface area is 102 Å². The highest BCUT2D eigenvalue weighted by Crippen LogP contribution is 2.23. The zero-order valence-electron chi connectivity index (χ0n) is 10.0. The molecule has 0 heterocycles. The molecular weight excluding hydrogens is 210 g/mol. The van der Waals surface area contributed by atoms with Crippen molar-refractivity contribution >= 4 is 5.69 Å². The number of hydrogen-bond acceptors (Lipinski definition) is 2. The summed E-state index contributed by atoms with van der Waals surface area (Å²) in [5.41, 5.74) is 3.84. The first-order valence-electron chi connectivity index (χ1n) is 5.79. The van der Waals surface area contributed by atoms with Crippen molar-refractivity contribution in [3.8, 4) is 5.75 Å². The summed E-state index contributed by atoms with van der Waals surface area (Å²) in [4.78, 5) is 0. The fourth-order valence-corrected chi connectivity index (χ4v) is 1.82. The van der Waals surface area contributed by atoms with Gasteiger partial charge < -0.3 is 10.4 Å². The Kier molecular flexibility index (Phi) is 3.33. The molecule has 17 heavy (non-hydrogen) atoms. The van der Waals surface area contributed by atoms with E-state index in [4.69, 9.17) is 0 Å². The van der Waals surface area contributed by atoms with Gasteiger partial charge in [-0.3, -0.25) is 0 Å². The molecule has 0 bridgehead atoms. The lowest BCUT2D eigenvalue weighted by molar-refractivity contribution is 0.471. The molecule has 0 unspecified atom stereocenters. The van der Waals surface area contributed by atoms with Crippen molar-refractivity contribution in [2.45, 2.75) is 19.8 Å². The van der Waals surface area contributed by atoms with Gasteiger partial charge in [-0.25, -0.2) is 0 Å². The summed E-state index contributed by atoms with van der Waals surface area (Å²) in [6.45, 7) is 5.91. The van der Waals surface area contributed by atoms with Crippen molar-refractivity contribution in [1.82, 2.24) is 0 Å². The lowest BCUT2D eigenvalue weighted by Crippen LogP contribution is -2.01. The molecule has 0 fully saturated rings. The van der Waals surface area contributed by atoms with Gasteiger partial charge in [0.1, 0.15) is 5.75 Å². The quantitative estimate of drug-likeness (QED) is 0.767. The van der Waals surface area contributed by atoms with E-state index in [9.17, 15) is 5.11 Å². The molecule has 0 amide bonds. The minimum atomic E-state index is 0.318. The molecule has 0 aromatic heterocycles. The second-order valence-corrected chi connectivity index (χ2v) is 4.24. The Balaban J connectivity index is 2.10. The highest BCUT2D eigenvalue weighted by molar-refractivity contribution is 5.58. The van der Waals surface area contributed by atoms with E-state index in [1.54, 1.807) is 6.07 Å². The van der Waals surface area contributed by atoms with Crippen molar-refractivity contribution in [3.05, 3.63) is 59.8 Å². The molecule has 2 N–H and O–H groups in total. The molecule has 1 aromatic rings. The SMILES string of the molecule is C=C(Nc1ccc(O)c(C)c1)C1=CCCC=C1. The van der Waals surface area contributed by atoms with Gasteiger partial charge in [0.2, 0.25) is 0 Å². The number of phenols is 1. The maximum atomic E-state index is 9.45. The van der Waals surface area contributed by atoms with Crippen molar-refractivity contribution < 1.29 is 5.11 Å². The number of hydrogen-bond donors (Lipinski definition) is 2. The number of allylic oxidation sites excluding steroid dienone is 3.